The molecule has 0 radical (unpaired) electrons. The van der Waals surface area contributed by atoms with Crippen LogP contribution in [-0.4, -0.2) is 72.3 Å². The average molecular weight is 309 g/mol. The second-order valence-electron chi connectivity index (χ2n) is 4.66. The fraction of sp³-hybridized carbons (Fsp3) is 0.909. The van der Waals surface area contributed by atoms with Crippen molar-refractivity contribution in [2.45, 2.75) is 25.0 Å². The van der Waals surface area contributed by atoms with Gasteiger partial charge in [-0.2, -0.15) is 4.31 Å². The summed E-state index contributed by atoms with van der Waals surface area (Å²) in [5.74, 6) is 0. The lowest BCUT2D eigenvalue weighted by Crippen LogP contribution is -2.45. The van der Waals surface area contributed by atoms with E-state index in [2.05, 4.69) is 4.90 Å². The first-order valence-electron chi connectivity index (χ1n) is 6.55. The Labute approximate surface area is 120 Å². The number of β-amino-alcohol motifs (C(OH)–C–C–N with tert-alkyl or cyclic N) is 1. The Morgan fingerprint density at radius 3 is 2.58 bits per heavy atom. The molecule has 1 fully saturated rings. The highest BCUT2D eigenvalue weighted by Gasteiger charge is 2.33. The van der Waals surface area contributed by atoms with Crippen molar-refractivity contribution in [2.24, 2.45) is 5.73 Å². The van der Waals surface area contributed by atoms with Crippen molar-refractivity contribution in [1.29, 1.82) is 0 Å². The summed E-state index contributed by atoms with van der Waals surface area (Å²) in [6.07, 6.45) is 1.15. The second-order valence-corrected chi connectivity index (χ2v) is 7.25. The summed E-state index contributed by atoms with van der Waals surface area (Å²) in [6.45, 7) is 4.81. The van der Waals surface area contributed by atoms with Crippen LogP contribution in [0.5, 0.6) is 0 Å². The molecule has 0 aromatic carbocycles. The van der Waals surface area contributed by atoms with Gasteiger partial charge in [-0.1, -0.05) is 19.1 Å². The van der Waals surface area contributed by atoms with Crippen LogP contribution in [0.3, 0.4) is 0 Å². The SMILES string of the molecule is CCC(C(N)=S)S(=O)(=O)N1CCCN(CCO)CC1. The largest absolute Gasteiger partial charge is 0.395 e. The van der Waals surface area contributed by atoms with Gasteiger partial charge in [0.15, 0.2) is 0 Å². The molecule has 1 aliphatic heterocycles. The summed E-state index contributed by atoms with van der Waals surface area (Å²) in [6, 6.07) is 0. The zero-order valence-corrected chi connectivity index (χ0v) is 12.9. The third-order valence-corrected chi connectivity index (χ3v) is 6.20. The summed E-state index contributed by atoms with van der Waals surface area (Å²) < 4.78 is 26.4. The van der Waals surface area contributed by atoms with E-state index < -0.39 is 15.3 Å². The quantitative estimate of drug-likeness (QED) is 0.636. The summed E-state index contributed by atoms with van der Waals surface area (Å²) >= 11 is 4.86. The van der Waals surface area contributed by atoms with Crippen LogP contribution in [0.2, 0.25) is 0 Å². The van der Waals surface area contributed by atoms with Gasteiger partial charge in [-0.25, -0.2) is 8.42 Å². The van der Waals surface area contributed by atoms with Crippen molar-refractivity contribution in [1.82, 2.24) is 9.21 Å². The molecule has 19 heavy (non-hydrogen) atoms. The molecule has 1 saturated heterocycles. The smallest absolute Gasteiger partial charge is 0.223 e. The van der Waals surface area contributed by atoms with E-state index in [1.54, 1.807) is 6.92 Å². The highest BCUT2D eigenvalue weighted by molar-refractivity contribution is 7.92. The number of aliphatic hydroxyl groups excluding tert-OH is 1. The third kappa shape index (κ3) is 4.35. The summed E-state index contributed by atoms with van der Waals surface area (Å²) in [7, 11) is -3.46. The molecule has 3 N–H and O–H groups in total. The van der Waals surface area contributed by atoms with E-state index in [-0.39, 0.29) is 11.6 Å². The van der Waals surface area contributed by atoms with E-state index in [0.717, 1.165) is 13.0 Å². The van der Waals surface area contributed by atoms with E-state index in [1.807, 2.05) is 0 Å². The fourth-order valence-electron chi connectivity index (χ4n) is 2.31. The standard InChI is InChI=1S/C11H23N3O3S2/c1-2-10(11(12)18)19(16,17)14-5-3-4-13(6-7-14)8-9-15/h10,15H,2-9H2,1H3,(H2,12,18). The predicted molar refractivity (Wildman–Crippen MR) is 79.5 cm³/mol. The van der Waals surface area contributed by atoms with Crippen molar-refractivity contribution >= 4 is 27.2 Å². The molecule has 8 heteroatoms. The Kier molecular flexibility index (Phi) is 6.61. The van der Waals surface area contributed by atoms with Crippen molar-refractivity contribution in [2.75, 3.05) is 39.3 Å². The molecular formula is C11H23N3O3S2. The Morgan fingerprint density at radius 1 is 1.37 bits per heavy atom. The molecule has 0 aromatic heterocycles. The lowest BCUT2D eigenvalue weighted by Gasteiger charge is -2.25. The van der Waals surface area contributed by atoms with Gasteiger partial charge in [0.25, 0.3) is 0 Å². The monoisotopic (exact) mass is 309 g/mol. The molecular weight excluding hydrogens is 286 g/mol. The maximum atomic E-state index is 12.5. The lowest BCUT2D eigenvalue weighted by atomic mass is 10.3. The lowest BCUT2D eigenvalue weighted by molar-refractivity contribution is 0.202. The Balaban J connectivity index is 2.76. The van der Waals surface area contributed by atoms with Crippen LogP contribution >= 0.6 is 12.2 Å². The van der Waals surface area contributed by atoms with Crippen LogP contribution in [-0.2, 0) is 10.0 Å². The first-order valence-corrected chi connectivity index (χ1v) is 8.46. The van der Waals surface area contributed by atoms with Gasteiger partial charge in [0, 0.05) is 26.2 Å². The molecule has 1 unspecified atom stereocenters. The minimum Gasteiger partial charge on any atom is -0.395 e. The highest BCUT2D eigenvalue weighted by atomic mass is 32.2. The number of aliphatic hydroxyl groups is 1. The van der Waals surface area contributed by atoms with Gasteiger partial charge in [0.05, 0.1) is 11.6 Å². The minimum absolute atomic E-state index is 0.0407. The molecule has 0 saturated carbocycles. The van der Waals surface area contributed by atoms with Gasteiger partial charge in [0.2, 0.25) is 10.0 Å². The summed E-state index contributed by atoms with van der Waals surface area (Å²) in [4.78, 5) is 2.11. The molecule has 1 aliphatic rings. The number of hydrogen-bond donors (Lipinski definition) is 2. The van der Waals surface area contributed by atoms with Crippen molar-refractivity contribution in [3.8, 4) is 0 Å². The average Bonchev–Trinajstić information content (AvgIpc) is 2.55. The van der Waals surface area contributed by atoms with Crippen LogP contribution in [0.15, 0.2) is 0 Å². The van der Waals surface area contributed by atoms with Gasteiger partial charge >= 0.3 is 0 Å². The van der Waals surface area contributed by atoms with Crippen molar-refractivity contribution in [3.05, 3.63) is 0 Å². The molecule has 112 valence electrons. The molecule has 1 atom stereocenters. The molecule has 0 amide bonds. The fourth-order valence-corrected chi connectivity index (χ4v) is 4.63. The van der Waals surface area contributed by atoms with Gasteiger partial charge < -0.3 is 10.8 Å². The van der Waals surface area contributed by atoms with Crippen LogP contribution in [0.1, 0.15) is 19.8 Å². The number of hydrogen-bond acceptors (Lipinski definition) is 5. The highest BCUT2D eigenvalue weighted by Crippen LogP contribution is 2.15. The first-order chi connectivity index (χ1) is 8.93. The molecule has 0 bridgehead atoms. The van der Waals surface area contributed by atoms with Gasteiger partial charge in [-0.3, -0.25) is 4.90 Å². The molecule has 0 aliphatic carbocycles. The van der Waals surface area contributed by atoms with E-state index >= 15 is 0 Å². The maximum Gasteiger partial charge on any atom is 0.223 e. The first kappa shape index (κ1) is 16.8. The molecule has 0 spiro atoms. The summed E-state index contributed by atoms with van der Waals surface area (Å²) in [5, 5.41) is 8.16. The number of nitrogens with two attached hydrogens (primary N) is 1. The number of nitrogens with zero attached hydrogens (tertiary/aromatic N) is 2. The zero-order chi connectivity index (χ0) is 14.5. The van der Waals surface area contributed by atoms with E-state index in [9.17, 15) is 8.42 Å². The Bertz CT molecular complexity index is 400. The number of sulfonamides is 1. The molecule has 6 nitrogen and oxygen atoms in total. The second kappa shape index (κ2) is 7.49. The molecule has 0 aromatic rings. The van der Waals surface area contributed by atoms with E-state index in [1.165, 1.54) is 4.31 Å². The van der Waals surface area contributed by atoms with Crippen LogP contribution in [0.25, 0.3) is 0 Å². The van der Waals surface area contributed by atoms with Gasteiger partial charge in [-0.15, -0.1) is 0 Å². The number of rotatable bonds is 6. The number of thiocarbonyl (C=S) groups is 1. The molecule has 1 rings (SSSR count). The van der Waals surface area contributed by atoms with Crippen molar-refractivity contribution < 1.29 is 13.5 Å². The summed E-state index contributed by atoms with van der Waals surface area (Å²) in [5.41, 5.74) is 5.54. The Hall–Kier alpha value is -0.280. The minimum atomic E-state index is -3.46. The maximum absolute atomic E-state index is 12.5. The third-order valence-electron chi connectivity index (χ3n) is 3.37. The Morgan fingerprint density at radius 2 is 2.05 bits per heavy atom. The zero-order valence-electron chi connectivity index (χ0n) is 11.3. The van der Waals surface area contributed by atoms with Crippen LogP contribution in [0, 0.1) is 0 Å². The molecule has 1 heterocycles. The topological polar surface area (TPSA) is 86.9 Å². The van der Waals surface area contributed by atoms with Crippen LogP contribution in [0.4, 0.5) is 0 Å². The van der Waals surface area contributed by atoms with Crippen LogP contribution < -0.4 is 5.73 Å². The predicted octanol–water partition coefficient (Wildman–Crippen LogP) is -0.619. The van der Waals surface area contributed by atoms with Gasteiger partial charge in [-0.05, 0) is 19.4 Å². The van der Waals surface area contributed by atoms with Gasteiger partial charge in [0.1, 0.15) is 5.25 Å². The van der Waals surface area contributed by atoms with Crippen molar-refractivity contribution in [3.63, 3.8) is 0 Å². The van der Waals surface area contributed by atoms with E-state index in [0.29, 0.717) is 32.6 Å². The van der Waals surface area contributed by atoms with E-state index in [4.69, 9.17) is 23.1 Å². The normalized spacial score (nSPS) is 20.9.